The molecule has 0 heterocycles. The predicted octanol–water partition coefficient (Wildman–Crippen LogP) is 3.72. The van der Waals surface area contributed by atoms with Gasteiger partial charge in [-0.25, -0.2) is 4.79 Å². The smallest absolute Gasteiger partial charge is 0.338 e. The molecule has 0 radical (unpaired) electrons. The number of methoxy groups -OCH3 is 1. The van der Waals surface area contributed by atoms with Crippen molar-refractivity contribution in [1.29, 1.82) is 0 Å². The number of rotatable bonds is 5. The Kier molecular flexibility index (Phi) is 5.11. The fourth-order valence-corrected chi connectivity index (χ4v) is 2.22. The van der Waals surface area contributed by atoms with E-state index in [4.69, 9.17) is 9.47 Å². The van der Waals surface area contributed by atoms with Crippen molar-refractivity contribution in [2.45, 2.75) is 6.61 Å². The highest BCUT2D eigenvalue weighted by Crippen LogP contribution is 2.26. The highest BCUT2D eigenvalue weighted by atomic mass is 79.9. The van der Waals surface area contributed by atoms with Crippen LogP contribution in [0.1, 0.15) is 15.9 Å². The van der Waals surface area contributed by atoms with Crippen molar-refractivity contribution in [1.82, 2.24) is 0 Å². The Morgan fingerprint density at radius 1 is 1.27 bits per heavy atom. The van der Waals surface area contributed by atoms with E-state index in [0.717, 1.165) is 0 Å². The largest absolute Gasteiger partial charge is 0.496 e. The topological polar surface area (TPSA) is 78.7 Å². The fraction of sp³-hybridized carbons (Fsp3) is 0.133. The summed E-state index contributed by atoms with van der Waals surface area (Å²) in [6.07, 6.45) is 0. The zero-order chi connectivity index (χ0) is 16.1. The predicted molar refractivity (Wildman–Crippen MR) is 82.9 cm³/mol. The number of nitro groups is 1. The Morgan fingerprint density at radius 3 is 2.68 bits per heavy atom. The molecule has 0 fully saturated rings. The first-order valence-electron chi connectivity index (χ1n) is 6.26. The molecule has 0 aliphatic carbocycles. The summed E-state index contributed by atoms with van der Waals surface area (Å²) in [4.78, 5) is 22.3. The number of halogens is 1. The quantitative estimate of drug-likeness (QED) is 0.458. The summed E-state index contributed by atoms with van der Waals surface area (Å²) in [5.41, 5.74) is 0.640. The van der Waals surface area contributed by atoms with Crippen LogP contribution in [-0.2, 0) is 11.3 Å². The summed E-state index contributed by atoms with van der Waals surface area (Å²) in [5.74, 6) is -0.0291. The molecule has 0 unspecified atom stereocenters. The van der Waals surface area contributed by atoms with E-state index in [0.29, 0.717) is 15.8 Å². The van der Waals surface area contributed by atoms with E-state index in [1.165, 1.54) is 25.3 Å². The molecule has 114 valence electrons. The lowest BCUT2D eigenvalue weighted by Gasteiger charge is -2.09. The molecule has 0 aromatic heterocycles. The summed E-state index contributed by atoms with van der Waals surface area (Å²) in [7, 11) is 1.53. The number of hydrogen-bond acceptors (Lipinski definition) is 5. The summed E-state index contributed by atoms with van der Waals surface area (Å²) in [6, 6.07) is 11.2. The lowest BCUT2D eigenvalue weighted by Crippen LogP contribution is -2.06. The molecule has 0 atom stereocenters. The number of nitrogens with zero attached hydrogens (tertiary/aromatic N) is 1. The normalized spacial score (nSPS) is 10.1. The molecule has 6 nitrogen and oxygen atoms in total. The molecule has 7 heteroatoms. The van der Waals surface area contributed by atoms with Crippen molar-refractivity contribution < 1.29 is 19.2 Å². The molecule has 22 heavy (non-hydrogen) atoms. The van der Waals surface area contributed by atoms with Crippen LogP contribution >= 0.6 is 15.9 Å². The SMILES string of the molecule is COc1ccccc1COC(=O)c1ccc(Br)c([N+](=O)[O-])c1. The number of benzene rings is 2. The first kappa shape index (κ1) is 16.0. The van der Waals surface area contributed by atoms with Crippen LogP contribution in [0.15, 0.2) is 46.9 Å². The van der Waals surface area contributed by atoms with Gasteiger partial charge in [0.05, 0.1) is 22.1 Å². The third-order valence-corrected chi connectivity index (χ3v) is 3.60. The van der Waals surface area contributed by atoms with Gasteiger partial charge in [0.2, 0.25) is 0 Å². The monoisotopic (exact) mass is 365 g/mol. The van der Waals surface area contributed by atoms with E-state index >= 15 is 0 Å². The van der Waals surface area contributed by atoms with Crippen LogP contribution in [0.3, 0.4) is 0 Å². The van der Waals surface area contributed by atoms with Crippen molar-refractivity contribution in [3.63, 3.8) is 0 Å². The van der Waals surface area contributed by atoms with Crippen LogP contribution in [-0.4, -0.2) is 18.0 Å². The van der Waals surface area contributed by atoms with E-state index < -0.39 is 10.9 Å². The van der Waals surface area contributed by atoms with Crippen LogP contribution in [0, 0.1) is 10.1 Å². The number of para-hydroxylation sites is 1. The van der Waals surface area contributed by atoms with Gasteiger partial charge in [-0.15, -0.1) is 0 Å². The lowest BCUT2D eigenvalue weighted by molar-refractivity contribution is -0.385. The van der Waals surface area contributed by atoms with Gasteiger partial charge in [-0.05, 0) is 34.1 Å². The summed E-state index contributed by atoms with van der Waals surface area (Å²) in [6.45, 7) is 0.0205. The first-order valence-corrected chi connectivity index (χ1v) is 7.05. The van der Waals surface area contributed by atoms with Crippen molar-refractivity contribution in [3.05, 3.63) is 68.2 Å². The van der Waals surface area contributed by atoms with Crippen LogP contribution in [0.25, 0.3) is 0 Å². The van der Waals surface area contributed by atoms with E-state index in [1.54, 1.807) is 18.2 Å². The third-order valence-electron chi connectivity index (χ3n) is 2.93. The highest BCUT2D eigenvalue weighted by molar-refractivity contribution is 9.10. The molecular formula is C15H12BrNO5. The minimum absolute atomic E-state index is 0.0205. The molecule has 0 saturated carbocycles. The number of carbonyl (C=O) groups excluding carboxylic acids is 1. The van der Waals surface area contributed by atoms with Crippen molar-refractivity contribution >= 4 is 27.6 Å². The van der Waals surface area contributed by atoms with Crippen molar-refractivity contribution in [2.75, 3.05) is 7.11 Å². The summed E-state index contributed by atoms with van der Waals surface area (Å²) < 4.78 is 10.6. The second-order valence-corrected chi connectivity index (χ2v) is 5.17. The average molecular weight is 366 g/mol. The number of carbonyl (C=O) groups is 1. The summed E-state index contributed by atoms with van der Waals surface area (Å²) in [5, 5.41) is 10.9. The molecule has 0 spiro atoms. The minimum atomic E-state index is -0.637. The van der Waals surface area contributed by atoms with Gasteiger partial charge in [0.1, 0.15) is 12.4 Å². The van der Waals surface area contributed by atoms with E-state index in [2.05, 4.69) is 15.9 Å². The second-order valence-electron chi connectivity index (χ2n) is 4.31. The molecule has 0 N–H and O–H groups in total. The average Bonchev–Trinajstić information content (AvgIpc) is 2.53. The molecule has 0 bridgehead atoms. The molecule has 2 aromatic carbocycles. The summed E-state index contributed by atoms with van der Waals surface area (Å²) >= 11 is 3.06. The van der Waals surface area contributed by atoms with Crippen LogP contribution < -0.4 is 4.74 Å². The molecule has 0 aliphatic rings. The van der Waals surface area contributed by atoms with Gasteiger partial charge in [0.15, 0.2) is 0 Å². The van der Waals surface area contributed by atoms with E-state index in [-0.39, 0.29) is 17.9 Å². The van der Waals surface area contributed by atoms with Gasteiger partial charge in [-0.2, -0.15) is 0 Å². The zero-order valence-corrected chi connectivity index (χ0v) is 13.2. The maximum atomic E-state index is 12.0. The first-order chi connectivity index (χ1) is 10.5. The van der Waals surface area contributed by atoms with Gasteiger partial charge in [-0.3, -0.25) is 10.1 Å². The van der Waals surface area contributed by atoms with Crippen LogP contribution in [0.5, 0.6) is 5.75 Å². The van der Waals surface area contributed by atoms with Gasteiger partial charge in [-0.1, -0.05) is 18.2 Å². The Balaban J connectivity index is 2.13. The maximum Gasteiger partial charge on any atom is 0.338 e. The number of hydrogen-bond donors (Lipinski definition) is 0. The minimum Gasteiger partial charge on any atom is -0.496 e. The Morgan fingerprint density at radius 2 is 2.00 bits per heavy atom. The van der Waals surface area contributed by atoms with Gasteiger partial charge in [0.25, 0.3) is 5.69 Å². The van der Waals surface area contributed by atoms with E-state index in [1.807, 2.05) is 6.07 Å². The Bertz CT molecular complexity index is 717. The van der Waals surface area contributed by atoms with Gasteiger partial charge < -0.3 is 9.47 Å². The van der Waals surface area contributed by atoms with Crippen molar-refractivity contribution in [3.8, 4) is 5.75 Å². The number of esters is 1. The lowest BCUT2D eigenvalue weighted by atomic mass is 10.2. The van der Waals surface area contributed by atoms with E-state index in [9.17, 15) is 14.9 Å². The molecule has 2 aromatic rings. The van der Waals surface area contributed by atoms with Gasteiger partial charge in [0, 0.05) is 11.6 Å². The molecule has 0 saturated heterocycles. The highest BCUT2D eigenvalue weighted by Gasteiger charge is 2.17. The Labute approximate surface area is 134 Å². The van der Waals surface area contributed by atoms with Crippen LogP contribution in [0.2, 0.25) is 0 Å². The Hall–Kier alpha value is -2.41. The van der Waals surface area contributed by atoms with Crippen LogP contribution in [0.4, 0.5) is 5.69 Å². The van der Waals surface area contributed by atoms with Crippen molar-refractivity contribution in [2.24, 2.45) is 0 Å². The third kappa shape index (κ3) is 3.62. The zero-order valence-electron chi connectivity index (χ0n) is 11.6. The fourth-order valence-electron chi connectivity index (χ4n) is 1.83. The number of nitro benzene ring substituents is 1. The molecule has 0 amide bonds. The standard InChI is InChI=1S/C15H12BrNO5/c1-21-14-5-3-2-4-11(14)9-22-15(18)10-6-7-12(16)13(8-10)17(19)20/h2-8H,9H2,1H3. The molecular weight excluding hydrogens is 354 g/mol. The number of ether oxygens (including phenoxy) is 2. The second kappa shape index (κ2) is 7.04. The maximum absolute atomic E-state index is 12.0. The van der Waals surface area contributed by atoms with Gasteiger partial charge >= 0.3 is 5.97 Å². The molecule has 0 aliphatic heterocycles. The molecule has 2 rings (SSSR count).